The van der Waals surface area contributed by atoms with Crippen LogP contribution in [-0.4, -0.2) is 31.5 Å². The van der Waals surface area contributed by atoms with Crippen LogP contribution in [0.15, 0.2) is 0 Å². The average Bonchev–Trinajstić information content (AvgIpc) is 2.17. The van der Waals surface area contributed by atoms with Crippen LogP contribution in [0.5, 0.6) is 0 Å². The first-order valence-corrected chi connectivity index (χ1v) is 5.53. The van der Waals surface area contributed by atoms with Gasteiger partial charge in [0, 0.05) is 13.0 Å². The van der Waals surface area contributed by atoms with Crippen molar-refractivity contribution in [3.63, 3.8) is 0 Å². The number of alkyl halides is 2. The summed E-state index contributed by atoms with van der Waals surface area (Å²) in [6.45, 7) is 10.00. The van der Waals surface area contributed by atoms with Crippen LogP contribution in [0.25, 0.3) is 0 Å². The van der Waals surface area contributed by atoms with E-state index in [0.29, 0.717) is 12.3 Å². The second-order valence-electron chi connectivity index (χ2n) is 3.43. The zero-order valence-electron chi connectivity index (χ0n) is 10.2. The zero-order chi connectivity index (χ0) is 11.6. The Bertz CT molecular complexity index is 107. The lowest BCUT2D eigenvalue weighted by molar-refractivity contribution is 0.125. The monoisotopic (exact) mass is 209 g/mol. The molecule has 0 N–H and O–H groups in total. The van der Waals surface area contributed by atoms with E-state index in [4.69, 9.17) is 0 Å². The van der Waals surface area contributed by atoms with Gasteiger partial charge in [-0.3, -0.25) is 0 Å². The lowest BCUT2D eigenvalue weighted by atomic mass is 10.1. The molecule has 0 aliphatic rings. The topological polar surface area (TPSA) is 3.24 Å². The zero-order valence-corrected chi connectivity index (χ0v) is 10.2. The Morgan fingerprint density at radius 2 is 1.64 bits per heavy atom. The average molecular weight is 209 g/mol. The molecule has 0 amide bonds. The molecule has 0 saturated carbocycles. The van der Waals surface area contributed by atoms with Gasteiger partial charge in [0.25, 0.3) is 0 Å². The molecule has 0 aliphatic heterocycles. The van der Waals surface area contributed by atoms with Gasteiger partial charge in [-0.25, -0.2) is 8.78 Å². The Labute approximate surface area is 87.5 Å². The van der Waals surface area contributed by atoms with Gasteiger partial charge in [-0.2, -0.15) is 0 Å². The highest BCUT2D eigenvalue weighted by Gasteiger charge is 2.08. The van der Waals surface area contributed by atoms with Crippen molar-refractivity contribution >= 4 is 0 Å². The second kappa shape index (κ2) is 10.9. The second-order valence-corrected chi connectivity index (χ2v) is 3.43. The van der Waals surface area contributed by atoms with E-state index >= 15 is 0 Å². The summed E-state index contributed by atoms with van der Waals surface area (Å²) in [5.74, 6) is 0.379. The van der Waals surface area contributed by atoms with Crippen molar-refractivity contribution in [1.29, 1.82) is 0 Å². The number of halogens is 2. The van der Waals surface area contributed by atoms with E-state index in [0.717, 1.165) is 13.1 Å². The number of hydrogen-bond acceptors (Lipinski definition) is 1. The first-order chi connectivity index (χ1) is 6.56. The molecule has 0 saturated heterocycles. The molecule has 0 aliphatic carbocycles. The van der Waals surface area contributed by atoms with Crippen LogP contribution in [0.4, 0.5) is 8.78 Å². The molecule has 0 radical (unpaired) electrons. The van der Waals surface area contributed by atoms with E-state index in [2.05, 4.69) is 11.8 Å². The summed E-state index contributed by atoms with van der Waals surface area (Å²) in [6, 6.07) is 0. The Morgan fingerprint density at radius 1 is 1.14 bits per heavy atom. The minimum Gasteiger partial charge on any atom is -0.306 e. The third-order valence-electron chi connectivity index (χ3n) is 2.04. The summed E-state index contributed by atoms with van der Waals surface area (Å²) in [4.78, 5) is 2.15. The van der Waals surface area contributed by atoms with Gasteiger partial charge in [-0.1, -0.05) is 27.7 Å². The molecule has 0 heterocycles. The third kappa shape index (κ3) is 11.8. The van der Waals surface area contributed by atoms with Crippen molar-refractivity contribution in [2.45, 2.75) is 47.0 Å². The fourth-order valence-corrected chi connectivity index (χ4v) is 1.16. The maximum atomic E-state index is 11.8. The molecule has 3 heteroatoms. The first-order valence-electron chi connectivity index (χ1n) is 5.53. The molecular formula is C11H25F2N. The minimum absolute atomic E-state index is 0.0404. The SMILES string of the molecule is CC.CCN(C)CC(C)CCC(F)F. The van der Waals surface area contributed by atoms with Gasteiger partial charge in [0.1, 0.15) is 0 Å². The lowest BCUT2D eigenvalue weighted by Crippen LogP contribution is -2.24. The van der Waals surface area contributed by atoms with Gasteiger partial charge in [-0.15, -0.1) is 0 Å². The summed E-state index contributed by atoms with van der Waals surface area (Å²) in [7, 11) is 2.01. The molecule has 14 heavy (non-hydrogen) atoms. The fraction of sp³-hybridized carbons (Fsp3) is 1.00. The predicted octanol–water partition coefficient (Wildman–Crippen LogP) is 3.65. The number of nitrogens with zero attached hydrogens (tertiary/aromatic N) is 1. The summed E-state index contributed by atoms with van der Waals surface area (Å²) in [5.41, 5.74) is 0. The van der Waals surface area contributed by atoms with Gasteiger partial charge >= 0.3 is 0 Å². The molecule has 0 fully saturated rings. The summed E-state index contributed by atoms with van der Waals surface area (Å²) in [5, 5.41) is 0. The van der Waals surface area contributed by atoms with Crippen LogP contribution in [0.2, 0.25) is 0 Å². The van der Waals surface area contributed by atoms with E-state index in [1.165, 1.54) is 0 Å². The van der Waals surface area contributed by atoms with Crippen LogP contribution in [-0.2, 0) is 0 Å². The summed E-state index contributed by atoms with van der Waals surface area (Å²) < 4.78 is 23.6. The van der Waals surface area contributed by atoms with E-state index < -0.39 is 6.43 Å². The third-order valence-corrected chi connectivity index (χ3v) is 2.04. The smallest absolute Gasteiger partial charge is 0.238 e. The van der Waals surface area contributed by atoms with Gasteiger partial charge in [0.2, 0.25) is 6.43 Å². The van der Waals surface area contributed by atoms with Gasteiger partial charge in [0.05, 0.1) is 0 Å². The largest absolute Gasteiger partial charge is 0.306 e. The first kappa shape index (κ1) is 16.3. The lowest BCUT2D eigenvalue weighted by Gasteiger charge is -2.19. The Morgan fingerprint density at radius 3 is 2.00 bits per heavy atom. The van der Waals surface area contributed by atoms with Crippen LogP contribution < -0.4 is 0 Å². The van der Waals surface area contributed by atoms with Crippen molar-refractivity contribution in [2.24, 2.45) is 5.92 Å². The quantitative estimate of drug-likeness (QED) is 0.645. The van der Waals surface area contributed by atoms with Crippen LogP contribution in [0.1, 0.15) is 40.5 Å². The minimum atomic E-state index is -2.14. The maximum absolute atomic E-state index is 11.8. The van der Waals surface area contributed by atoms with Crippen LogP contribution >= 0.6 is 0 Å². The van der Waals surface area contributed by atoms with Crippen molar-refractivity contribution in [3.8, 4) is 0 Å². The van der Waals surface area contributed by atoms with Crippen molar-refractivity contribution < 1.29 is 8.78 Å². The van der Waals surface area contributed by atoms with Gasteiger partial charge in [-0.05, 0) is 25.9 Å². The molecule has 1 nitrogen and oxygen atoms in total. The molecule has 0 bridgehead atoms. The van der Waals surface area contributed by atoms with Crippen molar-refractivity contribution in [1.82, 2.24) is 4.90 Å². The van der Waals surface area contributed by atoms with Crippen LogP contribution in [0.3, 0.4) is 0 Å². The highest BCUT2D eigenvalue weighted by atomic mass is 19.3. The highest BCUT2D eigenvalue weighted by Crippen LogP contribution is 2.11. The Balaban J connectivity index is 0. The van der Waals surface area contributed by atoms with Gasteiger partial charge in [0.15, 0.2) is 0 Å². The van der Waals surface area contributed by atoms with Crippen molar-refractivity contribution in [2.75, 3.05) is 20.1 Å². The molecule has 0 spiro atoms. The van der Waals surface area contributed by atoms with E-state index in [-0.39, 0.29) is 6.42 Å². The number of hydrogen-bond donors (Lipinski definition) is 0. The Kier molecular flexibility index (Phi) is 12.7. The summed E-state index contributed by atoms with van der Waals surface area (Å²) >= 11 is 0. The predicted molar refractivity (Wildman–Crippen MR) is 58.9 cm³/mol. The van der Waals surface area contributed by atoms with E-state index in [1.807, 2.05) is 27.8 Å². The molecule has 0 rings (SSSR count). The maximum Gasteiger partial charge on any atom is 0.238 e. The van der Waals surface area contributed by atoms with E-state index in [9.17, 15) is 8.78 Å². The summed E-state index contributed by atoms with van der Waals surface area (Å²) in [6.07, 6.45) is -1.47. The van der Waals surface area contributed by atoms with E-state index in [1.54, 1.807) is 0 Å². The Hall–Kier alpha value is -0.180. The van der Waals surface area contributed by atoms with Gasteiger partial charge < -0.3 is 4.90 Å². The van der Waals surface area contributed by atoms with Crippen molar-refractivity contribution in [3.05, 3.63) is 0 Å². The number of rotatable bonds is 6. The molecular weight excluding hydrogens is 184 g/mol. The van der Waals surface area contributed by atoms with Crippen LogP contribution in [0, 0.1) is 5.92 Å². The molecule has 0 aromatic rings. The molecule has 0 aromatic heterocycles. The molecule has 1 atom stereocenters. The molecule has 1 unspecified atom stereocenters. The molecule has 88 valence electrons. The fourth-order valence-electron chi connectivity index (χ4n) is 1.16. The molecule has 0 aromatic carbocycles. The normalized spacial score (nSPS) is 12.6. The standard InChI is InChI=1S/C9H19F2N.C2H6/c1-4-12(3)7-8(2)5-6-9(10)11;1-2/h8-9H,4-7H2,1-3H3;1-2H3. The highest BCUT2D eigenvalue weighted by molar-refractivity contribution is 4.58.